The molecule has 2 aromatic heterocycles. The Hall–Kier alpha value is -2.91. The number of phenols is 2. The highest BCUT2D eigenvalue weighted by Crippen LogP contribution is 2.28. The molecular formula is C16H11ClFN5O2S. The second-order valence-corrected chi connectivity index (χ2v) is 6.83. The van der Waals surface area contributed by atoms with E-state index < -0.39 is 5.82 Å². The summed E-state index contributed by atoms with van der Waals surface area (Å²) in [6.45, 7) is 0. The van der Waals surface area contributed by atoms with Crippen LogP contribution in [0.25, 0.3) is 4.96 Å². The molecule has 0 unspecified atom stereocenters. The Morgan fingerprint density at radius 3 is 2.73 bits per heavy atom. The van der Waals surface area contributed by atoms with E-state index in [1.54, 1.807) is 16.6 Å². The van der Waals surface area contributed by atoms with Crippen molar-refractivity contribution in [1.82, 2.24) is 19.8 Å². The van der Waals surface area contributed by atoms with Gasteiger partial charge in [-0.25, -0.2) is 4.39 Å². The SMILES string of the molecule is Oc1ccc(Cc2nnc3sc(Nc4ccc(F)c(Cl)c4)nn23)cc1O. The van der Waals surface area contributed by atoms with Crippen LogP contribution in [0.5, 0.6) is 11.5 Å². The molecule has 2 heterocycles. The Kier molecular flexibility index (Phi) is 4.09. The number of hydrogen-bond acceptors (Lipinski definition) is 7. The molecule has 4 rings (SSSR count). The minimum Gasteiger partial charge on any atom is -0.504 e. The van der Waals surface area contributed by atoms with Crippen LogP contribution in [0.4, 0.5) is 15.2 Å². The van der Waals surface area contributed by atoms with Crippen molar-refractivity contribution in [2.75, 3.05) is 5.32 Å². The van der Waals surface area contributed by atoms with Gasteiger partial charge in [0.25, 0.3) is 0 Å². The first kappa shape index (κ1) is 16.6. The maximum absolute atomic E-state index is 13.2. The summed E-state index contributed by atoms with van der Waals surface area (Å²) >= 11 is 7.06. The summed E-state index contributed by atoms with van der Waals surface area (Å²) < 4.78 is 14.8. The van der Waals surface area contributed by atoms with E-state index in [0.29, 0.717) is 28.0 Å². The Labute approximate surface area is 155 Å². The van der Waals surface area contributed by atoms with Crippen LogP contribution in [0.15, 0.2) is 36.4 Å². The van der Waals surface area contributed by atoms with E-state index in [1.165, 1.54) is 35.6 Å². The number of halogens is 2. The molecule has 0 atom stereocenters. The molecule has 0 radical (unpaired) electrons. The van der Waals surface area contributed by atoms with Crippen LogP contribution < -0.4 is 5.32 Å². The van der Waals surface area contributed by atoms with Crippen molar-refractivity contribution in [3.63, 3.8) is 0 Å². The van der Waals surface area contributed by atoms with Gasteiger partial charge in [-0.1, -0.05) is 29.0 Å². The van der Waals surface area contributed by atoms with Crippen molar-refractivity contribution in [3.05, 3.63) is 58.6 Å². The van der Waals surface area contributed by atoms with Gasteiger partial charge in [0.15, 0.2) is 17.3 Å². The van der Waals surface area contributed by atoms with Crippen molar-refractivity contribution in [2.45, 2.75) is 6.42 Å². The van der Waals surface area contributed by atoms with Crippen molar-refractivity contribution in [2.24, 2.45) is 0 Å². The van der Waals surface area contributed by atoms with Crippen molar-refractivity contribution in [1.29, 1.82) is 0 Å². The summed E-state index contributed by atoms with van der Waals surface area (Å²) in [5.41, 5.74) is 1.36. The summed E-state index contributed by atoms with van der Waals surface area (Å²) in [5.74, 6) is -0.295. The molecule has 10 heteroatoms. The molecule has 2 aromatic carbocycles. The zero-order chi connectivity index (χ0) is 18.3. The maximum Gasteiger partial charge on any atom is 0.236 e. The number of nitrogens with one attached hydrogen (secondary N) is 1. The number of nitrogens with zero attached hydrogens (tertiary/aromatic N) is 4. The fourth-order valence-corrected chi connectivity index (χ4v) is 3.34. The van der Waals surface area contributed by atoms with Gasteiger partial charge in [0.1, 0.15) is 5.82 Å². The fraction of sp³-hybridized carbons (Fsp3) is 0.0625. The lowest BCUT2D eigenvalue weighted by Crippen LogP contribution is -1.99. The monoisotopic (exact) mass is 391 g/mol. The van der Waals surface area contributed by atoms with Gasteiger partial charge in [-0.05, 0) is 35.9 Å². The van der Waals surface area contributed by atoms with Crippen LogP contribution in [0, 0.1) is 5.82 Å². The number of benzene rings is 2. The second-order valence-electron chi connectivity index (χ2n) is 5.47. The molecule has 0 aliphatic heterocycles. The number of hydrogen-bond donors (Lipinski definition) is 3. The molecule has 0 saturated heterocycles. The van der Waals surface area contributed by atoms with Gasteiger partial charge in [0, 0.05) is 12.1 Å². The van der Waals surface area contributed by atoms with Crippen LogP contribution in [-0.4, -0.2) is 30.0 Å². The number of phenolic OH excluding ortho intramolecular Hbond substituents is 2. The maximum atomic E-state index is 13.2. The number of aromatic nitrogens is 4. The van der Waals surface area contributed by atoms with Crippen LogP contribution in [0.1, 0.15) is 11.4 Å². The lowest BCUT2D eigenvalue weighted by Gasteiger charge is -2.03. The second kappa shape index (κ2) is 6.43. The van der Waals surface area contributed by atoms with Gasteiger partial charge in [-0.3, -0.25) is 0 Å². The highest BCUT2D eigenvalue weighted by molar-refractivity contribution is 7.20. The predicted octanol–water partition coefficient (Wildman–Crippen LogP) is 3.72. The van der Waals surface area contributed by atoms with Gasteiger partial charge in [0.05, 0.1) is 5.02 Å². The van der Waals surface area contributed by atoms with E-state index in [-0.39, 0.29) is 16.5 Å². The standard InChI is InChI=1S/C16H11ClFN5O2S/c17-10-7-9(2-3-11(10)18)19-15-22-23-14(20-21-16(23)26-15)6-8-1-4-12(24)13(25)5-8/h1-5,7,24-25H,6H2,(H,19,22). The lowest BCUT2D eigenvalue weighted by molar-refractivity contribution is 0.403. The number of aromatic hydroxyl groups is 2. The smallest absolute Gasteiger partial charge is 0.236 e. The Morgan fingerprint density at radius 2 is 1.96 bits per heavy atom. The van der Waals surface area contributed by atoms with E-state index in [9.17, 15) is 14.6 Å². The molecule has 0 saturated carbocycles. The first-order valence-corrected chi connectivity index (χ1v) is 8.63. The van der Waals surface area contributed by atoms with Crippen LogP contribution in [0.3, 0.4) is 0 Å². The van der Waals surface area contributed by atoms with E-state index in [2.05, 4.69) is 20.6 Å². The third-order valence-electron chi connectivity index (χ3n) is 3.63. The molecule has 3 N–H and O–H groups in total. The quantitative estimate of drug-likeness (QED) is 0.459. The molecule has 0 fully saturated rings. The Bertz CT molecular complexity index is 1110. The van der Waals surface area contributed by atoms with E-state index in [4.69, 9.17) is 11.6 Å². The van der Waals surface area contributed by atoms with E-state index in [0.717, 1.165) is 5.56 Å². The molecular weight excluding hydrogens is 381 g/mol. The zero-order valence-corrected chi connectivity index (χ0v) is 14.6. The Balaban J connectivity index is 1.60. The van der Waals surface area contributed by atoms with Crippen LogP contribution in [0.2, 0.25) is 5.02 Å². The summed E-state index contributed by atoms with van der Waals surface area (Å²) in [5, 5.41) is 35.2. The third-order valence-corrected chi connectivity index (χ3v) is 4.73. The Morgan fingerprint density at radius 1 is 1.12 bits per heavy atom. The first-order valence-electron chi connectivity index (χ1n) is 7.43. The number of rotatable bonds is 4. The highest BCUT2D eigenvalue weighted by Gasteiger charge is 2.13. The first-order chi connectivity index (χ1) is 12.5. The van der Waals surface area contributed by atoms with Gasteiger partial charge in [-0.15, -0.1) is 15.3 Å². The van der Waals surface area contributed by atoms with E-state index in [1.807, 2.05) is 0 Å². The van der Waals surface area contributed by atoms with Crippen LogP contribution in [-0.2, 0) is 6.42 Å². The summed E-state index contributed by atoms with van der Waals surface area (Å²) in [6, 6.07) is 8.86. The molecule has 0 spiro atoms. The molecule has 0 aliphatic rings. The molecule has 4 aromatic rings. The van der Waals surface area contributed by atoms with Gasteiger partial charge in [0.2, 0.25) is 10.1 Å². The minimum atomic E-state index is -0.491. The molecule has 7 nitrogen and oxygen atoms in total. The number of anilines is 2. The fourth-order valence-electron chi connectivity index (χ4n) is 2.38. The van der Waals surface area contributed by atoms with Crippen LogP contribution >= 0.6 is 22.9 Å². The van der Waals surface area contributed by atoms with Crippen molar-refractivity contribution < 1.29 is 14.6 Å². The molecule has 132 valence electrons. The molecule has 0 bridgehead atoms. The molecule has 26 heavy (non-hydrogen) atoms. The summed E-state index contributed by atoms with van der Waals surface area (Å²) in [4.78, 5) is 0.582. The molecule has 0 amide bonds. The van der Waals surface area contributed by atoms with E-state index >= 15 is 0 Å². The number of fused-ring (bicyclic) bond motifs is 1. The average Bonchev–Trinajstić information content (AvgIpc) is 3.16. The third kappa shape index (κ3) is 3.14. The lowest BCUT2D eigenvalue weighted by atomic mass is 10.1. The topological polar surface area (TPSA) is 95.6 Å². The minimum absolute atomic E-state index is 0.0193. The van der Waals surface area contributed by atoms with Crippen molar-refractivity contribution >= 4 is 38.7 Å². The highest BCUT2D eigenvalue weighted by atomic mass is 35.5. The predicted molar refractivity (Wildman–Crippen MR) is 95.9 cm³/mol. The van der Waals surface area contributed by atoms with Gasteiger partial charge in [-0.2, -0.15) is 4.52 Å². The summed E-state index contributed by atoms with van der Waals surface area (Å²) in [6.07, 6.45) is 0.376. The van der Waals surface area contributed by atoms with Gasteiger partial charge < -0.3 is 15.5 Å². The average molecular weight is 392 g/mol. The molecule has 0 aliphatic carbocycles. The summed E-state index contributed by atoms with van der Waals surface area (Å²) in [7, 11) is 0. The zero-order valence-electron chi connectivity index (χ0n) is 13.0. The largest absolute Gasteiger partial charge is 0.504 e. The van der Waals surface area contributed by atoms with Crippen molar-refractivity contribution in [3.8, 4) is 11.5 Å². The normalized spacial score (nSPS) is 11.2. The van der Waals surface area contributed by atoms with Gasteiger partial charge >= 0.3 is 0 Å².